The van der Waals surface area contributed by atoms with E-state index in [9.17, 15) is 35.9 Å². The number of alkyl halides is 6. The number of nitrogens with one attached hydrogen (secondary N) is 2. The number of piperazine rings is 1. The highest BCUT2D eigenvalue weighted by atomic mass is 28.3. The maximum Gasteiger partial charge on any atom is 0.423 e. The fraction of sp³-hybridized carbons (Fsp3) is 0.667. The number of halogens is 6. The van der Waals surface area contributed by atoms with Crippen molar-refractivity contribution < 1.29 is 40.7 Å². The lowest BCUT2D eigenvalue weighted by atomic mass is 10.2. The van der Waals surface area contributed by atoms with Gasteiger partial charge in [-0.05, 0) is 25.8 Å². The maximum absolute atomic E-state index is 13.9. The Kier molecular flexibility index (Phi) is 11.0. The molecule has 19 heteroatoms. The summed E-state index contributed by atoms with van der Waals surface area (Å²) in [5.41, 5.74) is -1.91. The van der Waals surface area contributed by atoms with E-state index in [2.05, 4.69) is 45.5 Å². The number of hydrogen-bond donors (Lipinski definition) is 2. The highest BCUT2D eigenvalue weighted by Crippen LogP contribution is 2.33. The molecule has 2 saturated heterocycles. The van der Waals surface area contributed by atoms with Crippen molar-refractivity contribution in [3.8, 4) is 0 Å². The van der Waals surface area contributed by atoms with Gasteiger partial charge in [0.1, 0.15) is 12.3 Å². The molecule has 2 fully saturated rings. The van der Waals surface area contributed by atoms with E-state index >= 15 is 0 Å². The zero-order valence-corrected chi connectivity index (χ0v) is 26.9. The molecular formula is C27H38F6N8O4Si. The Labute approximate surface area is 262 Å². The highest BCUT2D eigenvalue weighted by Gasteiger charge is 2.42. The number of rotatable bonds is 13. The molecule has 0 aliphatic carbocycles. The first-order valence-corrected chi connectivity index (χ1v) is 18.5. The Balaban J connectivity index is 1.25. The predicted molar refractivity (Wildman–Crippen MR) is 158 cm³/mol. The van der Waals surface area contributed by atoms with Gasteiger partial charge in [0, 0.05) is 58.3 Å². The van der Waals surface area contributed by atoms with Crippen LogP contribution in [0.3, 0.4) is 0 Å². The van der Waals surface area contributed by atoms with Gasteiger partial charge in [0.15, 0.2) is 0 Å². The van der Waals surface area contributed by atoms with E-state index in [1.165, 1.54) is 6.92 Å². The van der Waals surface area contributed by atoms with E-state index in [-0.39, 0.29) is 31.2 Å². The van der Waals surface area contributed by atoms with Gasteiger partial charge in [-0.15, -0.1) is 0 Å². The number of anilines is 2. The van der Waals surface area contributed by atoms with Crippen LogP contribution in [-0.2, 0) is 33.5 Å². The molecule has 3 atom stereocenters. The summed E-state index contributed by atoms with van der Waals surface area (Å²) in [5.74, 6) is -0.288. The van der Waals surface area contributed by atoms with Gasteiger partial charge in [0.05, 0.1) is 30.6 Å². The van der Waals surface area contributed by atoms with Gasteiger partial charge in [-0.25, -0.2) is 20.1 Å². The number of hydroxylamine groups is 1. The van der Waals surface area contributed by atoms with Crippen LogP contribution in [0.2, 0.25) is 25.7 Å². The molecule has 256 valence electrons. The molecule has 3 unspecified atom stereocenters. The quantitative estimate of drug-likeness (QED) is 0.140. The molecule has 0 saturated carbocycles. The van der Waals surface area contributed by atoms with Crippen molar-refractivity contribution in [1.29, 1.82) is 0 Å². The molecule has 2 aromatic rings. The maximum atomic E-state index is 13.9. The minimum absolute atomic E-state index is 0.0147. The summed E-state index contributed by atoms with van der Waals surface area (Å²) in [4.78, 5) is 42.0. The molecular weight excluding hydrogens is 642 g/mol. The van der Waals surface area contributed by atoms with Crippen molar-refractivity contribution >= 4 is 25.6 Å². The van der Waals surface area contributed by atoms with Gasteiger partial charge in [0.2, 0.25) is 5.95 Å². The lowest BCUT2D eigenvalue weighted by molar-refractivity contribution is -0.139. The predicted octanol–water partition coefficient (Wildman–Crippen LogP) is 3.58. The topological polar surface area (TPSA) is 127 Å². The molecule has 12 nitrogen and oxygen atoms in total. The van der Waals surface area contributed by atoms with Crippen molar-refractivity contribution in [2.24, 2.45) is 0 Å². The second-order valence-electron chi connectivity index (χ2n) is 12.7. The monoisotopic (exact) mass is 680 g/mol. The fourth-order valence-corrected chi connectivity index (χ4v) is 6.05. The number of ether oxygens (including phenoxy) is 1. The fourth-order valence-electron chi connectivity index (χ4n) is 5.29. The molecule has 46 heavy (non-hydrogen) atoms. The Morgan fingerprint density at radius 2 is 1.67 bits per heavy atom. The molecule has 1 amide bonds. The minimum Gasteiger partial charge on any atom is -0.378 e. The van der Waals surface area contributed by atoms with Gasteiger partial charge < -0.3 is 15.0 Å². The van der Waals surface area contributed by atoms with Crippen molar-refractivity contribution in [3.05, 3.63) is 40.1 Å². The van der Waals surface area contributed by atoms with E-state index in [1.54, 1.807) is 4.90 Å². The summed E-state index contributed by atoms with van der Waals surface area (Å²) in [7, 11) is -1.43. The third kappa shape index (κ3) is 9.38. The molecule has 2 N–H and O–H groups in total. The van der Waals surface area contributed by atoms with Crippen LogP contribution in [0, 0.1) is 0 Å². The molecule has 2 aliphatic heterocycles. The van der Waals surface area contributed by atoms with Crippen molar-refractivity contribution in [2.75, 3.05) is 43.1 Å². The third-order valence-electron chi connectivity index (χ3n) is 7.67. The SMILES string of the molecule is CC(CONC(=O)CN1C2CCC1CN(c1ncc(C(F)(F)F)cn1)C2)Nc1cnn(COCC[Si](C)(C)C)c(=O)c1C(F)(F)F. The summed E-state index contributed by atoms with van der Waals surface area (Å²) in [5, 5.41) is 6.41. The average molecular weight is 681 g/mol. The van der Waals surface area contributed by atoms with Crippen LogP contribution < -0.4 is 21.3 Å². The van der Waals surface area contributed by atoms with Crippen molar-refractivity contribution in [2.45, 2.75) is 82.7 Å². The first-order valence-electron chi connectivity index (χ1n) is 14.7. The number of aromatic nitrogens is 4. The highest BCUT2D eigenvalue weighted by molar-refractivity contribution is 6.76. The number of carbonyl (C=O) groups is 1. The summed E-state index contributed by atoms with van der Waals surface area (Å²) in [6.45, 7) is 8.40. The largest absolute Gasteiger partial charge is 0.423 e. The van der Waals surface area contributed by atoms with Crippen molar-refractivity contribution in [1.82, 2.24) is 30.1 Å². The Morgan fingerprint density at radius 3 is 2.24 bits per heavy atom. The van der Waals surface area contributed by atoms with Crippen LogP contribution in [0.25, 0.3) is 0 Å². The summed E-state index contributed by atoms with van der Waals surface area (Å²) in [6.07, 6.45) is -5.54. The normalized spacial score (nSPS) is 19.7. The Bertz CT molecular complexity index is 1390. The summed E-state index contributed by atoms with van der Waals surface area (Å²) >= 11 is 0. The smallest absolute Gasteiger partial charge is 0.378 e. The van der Waals surface area contributed by atoms with E-state index in [0.717, 1.165) is 37.5 Å². The van der Waals surface area contributed by atoms with Gasteiger partial charge in [-0.3, -0.25) is 19.3 Å². The number of nitrogens with zero attached hydrogens (tertiary/aromatic N) is 6. The molecule has 2 aromatic heterocycles. The van der Waals surface area contributed by atoms with Crippen LogP contribution in [0.15, 0.2) is 23.4 Å². The number of fused-ring (bicyclic) bond motifs is 2. The van der Waals surface area contributed by atoms with E-state index in [1.807, 2.05) is 4.90 Å². The van der Waals surface area contributed by atoms with Gasteiger partial charge in [-0.1, -0.05) is 19.6 Å². The average Bonchev–Trinajstić information content (AvgIpc) is 3.15. The molecule has 0 spiro atoms. The number of amides is 1. The number of hydrogen-bond acceptors (Lipinski definition) is 10. The second kappa shape index (κ2) is 14.2. The molecule has 0 aromatic carbocycles. The minimum atomic E-state index is -4.96. The Hall–Kier alpha value is -3.29. The van der Waals surface area contributed by atoms with E-state index in [0.29, 0.717) is 24.4 Å². The van der Waals surface area contributed by atoms with Crippen LogP contribution in [0.1, 0.15) is 30.9 Å². The molecule has 4 rings (SSSR count). The van der Waals surface area contributed by atoms with Crippen molar-refractivity contribution in [3.63, 3.8) is 0 Å². The van der Waals surface area contributed by atoms with Gasteiger partial charge in [-0.2, -0.15) is 31.4 Å². The van der Waals surface area contributed by atoms with Crippen LogP contribution in [-0.4, -0.2) is 89.6 Å². The third-order valence-corrected chi connectivity index (χ3v) is 9.37. The summed E-state index contributed by atoms with van der Waals surface area (Å²) in [6, 6.07) is -0.0927. The lowest BCUT2D eigenvalue weighted by Crippen LogP contribution is -2.56. The van der Waals surface area contributed by atoms with E-state index in [4.69, 9.17) is 9.57 Å². The van der Waals surface area contributed by atoms with Gasteiger partial charge >= 0.3 is 12.4 Å². The first-order chi connectivity index (χ1) is 21.4. The molecule has 2 bridgehead atoms. The van der Waals surface area contributed by atoms with Crippen LogP contribution >= 0.6 is 0 Å². The van der Waals surface area contributed by atoms with Gasteiger partial charge in [0.25, 0.3) is 11.5 Å². The molecule has 0 radical (unpaired) electrons. The summed E-state index contributed by atoms with van der Waals surface area (Å²) < 4.78 is 86.1. The zero-order valence-electron chi connectivity index (χ0n) is 25.9. The second-order valence-corrected chi connectivity index (χ2v) is 18.3. The van der Waals surface area contributed by atoms with E-state index < -0.39 is 61.5 Å². The number of carbonyl (C=O) groups excluding carboxylic acids is 1. The first kappa shape index (κ1) is 35.6. The molecule has 2 aliphatic rings. The van der Waals surface area contributed by atoms with Crippen LogP contribution in [0.5, 0.6) is 0 Å². The lowest BCUT2D eigenvalue weighted by Gasteiger charge is -2.40. The van der Waals surface area contributed by atoms with Crippen LogP contribution in [0.4, 0.5) is 38.0 Å². The Morgan fingerprint density at radius 1 is 1.04 bits per heavy atom. The molecule has 4 heterocycles. The zero-order chi connectivity index (χ0) is 33.9. The standard InChI is InChI=1S/C27H38F6N8O4Si/c1-17(37-21-11-36-41(16-44-7-8-46(2,3)4)24(43)23(21)27(31,32)33)15-45-38-22(42)14-40-19-5-6-20(40)13-39(12-19)25-34-9-18(10-35-25)26(28,29)30/h9-11,17,19-20,37H,5-8,12-16H2,1-4H3,(H,38,42).